The lowest BCUT2D eigenvalue weighted by atomic mass is 10.1. The molecule has 0 N–H and O–H groups in total. The maximum absolute atomic E-state index is 14.3. The number of hydrogen-bond donors (Lipinski definition) is 0. The van der Waals surface area contributed by atoms with E-state index in [0.29, 0.717) is 36.6 Å². The Bertz CT molecular complexity index is 990. The van der Waals surface area contributed by atoms with Crippen LogP contribution in [0.15, 0.2) is 42.5 Å². The van der Waals surface area contributed by atoms with Gasteiger partial charge >= 0.3 is 0 Å². The molecule has 1 fully saturated rings. The van der Waals surface area contributed by atoms with Gasteiger partial charge in [-0.1, -0.05) is 31.2 Å². The van der Waals surface area contributed by atoms with Crippen LogP contribution in [0.25, 0.3) is 0 Å². The number of benzene rings is 2. The van der Waals surface area contributed by atoms with Gasteiger partial charge in [0.05, 0.1) is 11.8 Å². The second-order valence-corrected chi connectivity index (χ2v) is 8.41. The van der Waals surface area contributed by atoms with E-state index in [1.165, 1.54) is 11.0 Å². The molecular weight excluding hydrogens is 411 g/mol. The number of carbonyl (C=O) groups excluding carboxylic acids is 2. The van der Waals surface area contributed by atoms with Crippen LogP contribution < -0.4 is 9.64 Å². The fraction of sp³-hybridized carbons (Fsp3) is 0.440. The van der Waals surface area contributed by atoms with Crippen molar-refractivity contribution >= 4 is 17.5 Å². The molecule has 0 aliphatic carbocycles. The second kappa shape index (κ2) is 9.69. The molecule has 0 unspecified atom stereocenters. The number of hydrogen-bond acceptors (Lipinski definition) is 4. The lowest BCUT2D eigenvalue weighted by Gasteiger charge is -2.35. The highest BCUT2D eigenvalue weighted by atomic mass is 19.1. The zero-order chi connectivity index (χ0) is 22.7. The summed E-state index contributed by atoms with van der Waals surface area (Å²) in [6.07, 6.45) is 1.60. The zero-order valence-electron chi connectivity index (χ0n) is 18.6. The molecule has 2 aromatic carbocycles. The fourth-order valence-electron chi connectivity index (χ4n) is 4.21. The number of fused-ring (bicyclic) bond motifs is 1. The molecule has 7 heteroatoms. The molecule has 0 radical (unpaired) electrons. The Morgan fingerprint density at radius 3 is 2.78 bits per heavy atom. The number of nitrogens with zero attached hydrogens (tertiary/aromatic N) is 2. The number of anilines is 1. The van der Waals surface area contributed by atoms with Gasteiger partial charge in [-0.05, 0) is 49.9 Å². The van der Waals surface area contributed by atoms with Gasteiger partial charge in [0, 0.05) is 25.3 Å². The average molecular weight is 441 g/mol. The Morgan fingerprint density at radius 1 is 1.25 bits per heavy atom. The third-order valence-corrected chi connectivity index (χ3v) is 6.00. The number of rotatable bonds is 7. The third kappa shape index (κ3) is 4.78. The van der Waals surface area contributed by atoms with E-state index in [4.69, 9.17) is 9.47 Å². The summed E-state index contributed by atoms with van der Waals surface area (Å²) in [5.74, 6) is -0.245. The average Bonchev–Trinajstić information content (AvgIpc) is 3.30. The predicted molar refractivity (Wildman–Crippen MR) is 119 cm³/mol. The van der Waals surface area contributed by atoms with Gasteiger partial charge < -0.3 is 14.4 Å². The van der Waals surface area contributed by atoms with Crippen LogP contribution in [-0.2, 0) is 20.9 Å². The highest BCUT2D eigenvalue weighted by Gasteiger charge is 2.36. The van der Waals surface area contributed by atoms with Gasteiger partial charge in [0.25, 0.3) is 5.91 Å². The molecule has 0 aromatic heterocycles. The van der Waals surface area contributed by atoms with E-state index >= 15 is 0 Å². The quantitative estimate of drug-likeness (QED) is 0.656. The summed E-state index contributed by atoms with van der Waals surface area (Å²) in [7, 11) is 0. The van der Waals surface area contributed by atoms with Crippen LogP contribution in [0.2, 0.25) is 0 Å². The van der Waals surface area contributed by atoms with Crippen LogP contribution in [0.4, 0.5) is 10.1 Å². The van der Waals surface area contributed by atoms with Gasteiger partial charge in [-0.3, -0.25) is 14.5 Å². The topological polar surface area (TPSA) is 59.1 Å². The first-order valence-electron chi connectivity index (χ1n) is 11.2. The van der Waals surface area contributed by atoms with Crippen LogP contribution >= 0.6 is 0 Å². The molecule has 4 rings (SSSR count). The second-order valence-electron chi connectivity index (χ2n) is 8.41. The van der Waals surface area contributed by atoms with Gasteiger partial charge in [0.1, 0.15) is 18.1 Å². The van der Waals surface area contributed by atoms with E-state index in [1.54, 1.807) is 23.1 Å². The Kier molecular flexibility index (Phi) is 6.74. The lowest BCUT2D eigenvalue weighted by Crippen LogP contribution is -2.51. The summed E-state index contributed by atoms with van der Waals surface area (Å²) in [5.41, 5.74) is 2.00. The van der Waals surface area contributed by atoms with Gasteiger partial charge in [0.2, 0.25) is 5.91 Å². The number of ether oxygens (including phenoxy) is 2. The molecule has 2 aliphatic heterocycles. The third-order valence-electron chi connectivity index (χ3n) is 6.00. The molecule has 0 bridgehead atoms. The molecule has 32 heavy (non-hydrogen) atoms. The molecule has 2 atom stereocenters. The Morgan fingerprint density at radius 2 is 2.06 bits per heavy atom. The lowest BCUT2D eigenvalue weighted by molar-refractivity contribution is -0.135. The minimum atomic E-state index is -0.629. The minimum absolute atomic E-state index is 0.0796. The predicted octanol–water partition coefficient (Wildman–Crippen LogP) is 3.85. The molecule has 2 amide bonds. The molecule has 1 saturated heterocycles. The highest BCUT2D eigenvalue weighted by molar-refractivity contribution is 6.03. The van der Waals surface area contributed by atoms with Crippen molar-refractivity contribution in [2.24, 2.45) is 0 Å². The zero-order valence-corrected chi connectivity index (χ0v) is 18.6. The van der Waals surface area contributed by atoms with E-state index in [0.717, 1.165) is 18.4 Å². The van der Waals surface area contributed by atoms with Crippen molar-refractivity contribution in [3.05, 3.63) is 59.4 Å². The Labute approximate surface area is 187 Å². The first-order chi connectivity index (χ1) is 15.5. The SMILES string of the molecule is CC[C@H]1Oc2ccc(C)cc2N(CC(=O)N(Cc2ccccc2F)C[C@H]2CCCO2)C1=O. The van der Waals surface area contributed by atoms with E-state index < -0.39 is 6.10 Å². The van der Waals surface area contributed by atoms with Crippen molar-refractivity contribution in [2.45, 2.75) is 51.9 Å². The number of aryl methyl sites for hydroxylation is 1. The smallest absolute Gasteiger partial charge is 0.268 e. The standard InChI is InChI=1S/C25H29FN2O4/c1-3-22-25(30)28(21-13-17(2)10-11-23(21)32-22)16-24(29)27(15-19-8-6-12-31-19)14-18-7-4-5-9-20(18)26/h4-5,7,9-11,13,19,22H,3,6,8,12,14-16H2,1-2H3/t19-,22-/m1/s1. The summed E-state index contributed by atoms with van der Waals surface area (Å²) >= 11 is 0. The molecular formula is C25H29FN2O4. The maximum Gasteiger partial charge on any atom is 0.268 e. The number of carbonyl (C=O) groups is 2. The van der Waals surface area contributed by atoms with Crippen molar-refractivity contribution in [1.29, 1.82) is 0 Å². The summed E-state index contributed by atoms with van der Waals surface area (Å²) < 4.78 is 25.9. The van der Waals surface area contributed by atoms with E-state index in [2.05, 4.69) is 0 Å². The number of halogens is 1. The van der Waals surface area contributed by atoms with Gasteiger partial charge in [0.15, 0.2) is 6.10 Å². The van der Waals surface area contributed by atoms with Crippen LogP contribution in [0.1, 0.15) is 37.3 Å². The first-order valence-corrected chi connectivity index (χ1v) is 11.2. The van der Waals surface area contributed by atoms with Crippen LogP contribution in [0.5, 0.6) is 5.75 Å². The molecule has 2 heterocycles. The van der Waals surface area contributed by atoms with E-state index in [1.807, 2.05) is 32.0 Å². The van der Waals surface area contributed by atoms with Gasteiger partial charge in [-0.15, -0.1) is 0 Å². The van der Waals surface area contributed by atoms with Crippen molar-refractivity contribution < 1.29 is 23.5 Å². The summed E-state index contributed by atoms with van der Waals surface area (Å²) in [6.45, 7) is 4.84. The van der Waals surface area contributed by atoms with E-state index in [9.17, 15) is 14.0 Å². The first kappa shape index (κ1) is 22.3. The molecule has 170 valence electrons. The van der Waals surface area contributed by atoms with Crippen molar-refractivity contribution in [2.75, 3.05) is 24.6 Å². The molecule has 0 spiro atoms. The largest absolute Gasteiger partial charge is 0.478 e. The van der Waals surface area contributed by atoms with Gasteiger partial charge in [-0.25, -0.2) is 4.39 Å². The monoisotopic (exact) mass is 440 g/mol. The summed E-state index contributed by atoms with van der Waals surface area (Å²) in [6, 6.07) is 12.1. The molecule has 2 aromatic rings. The molecule has 2 aliphatic rings. The van der Waals surface area contributed by atoms with Crippen LogP contribution in [0, 0.1) is 12.7 Å². The summed E-state index contributed by atoms with van der Waals surface area (Å²) in [4.78, 5) is 29.7. The van der Waals surface area contributed by atoms with Crippen molar-refractivity contribution in [3.8, 4) is 5.75 Å². The maximum atomic E-state index is 14.3. The molecule has 6 nitrogen and oxygen atoms in total. The highest BCUT2D eigenvalue weighted by Crippen LogP contribution is 2.35. The van der Waals surface area contributed by atoms with Gasteiger partial charge in [-0.2, -0.15) is 0 Å². The fourth-order valence-corrected chi connectivity index (χ4v) is 4.21. The van der Waals surface area contributed by atoms with E-state index in [-0.39, 0.29) is 36.8 Å². The summed E-state index contributed by atoms with van der Waals surface area (Å²) in [5, 5.41) is 0. The normalized spacial score (nSPS) is 20.1. The number of amides is 2. The molecule has 0 saturated carbocycles. The Balaban J connectivity index is 1.59. The van der Waals surface area contributed by atoms with Crippen LogP contribution in [-0.4, -0.2) is 48.6 Å². The Hall–Kier alpha value is -2.93. The minimum Gasteiger partial charge on any atom is -0.478 e. The van der Waals surface area contributed by atoms with Crippen molar-refractivity contribution in [3.63, 3.8) is 0 Å². The van der Waals surface area contributed by atoms with Crippen molar-refractivity contribution in [1.82, 2.24) is 4.90 Å². The van der Waals surface area contributed by atoms with Crippen LogP contribution in [0.3, 0.4) is 0 Å².